The van der Waals surface area contributed by atoms with Gasteiger partial charge in [0.1, 0.15) is 11.4 Å². The topological polar surface area (TPSA) is 124 Å². The fourth-order valence-corrected chi connectivity index (χ4v) is 3.94. The van der Waals surface area contributed by atoms with Gasteiger partial charge in [0.05, 0.1) is 30.4 Å². The normalized spacial score (nSPS) is 12.2. The molecular weight excluding hydrogens is 404 g/mol. The number of aromatic nitrogens is 1. The van der Waals surface area contributed by atoms with Crippen molar-refractivity contribution in [1.82, 2.24) is 4.98 Å². The van der Waals surface area contributed by atoms with Crippen LogP contribution in [0, 0.1) is 17.6 Å². The molecule has 8 nitrogen and oxygen atoms in total. The van der Waals surface area contributed by atoms with E-state index in [1.165, 1.54) is 19.5 Å². The van der Waals surface area contributed by atoms with Gasteiger partial charge >= 0.3 is 0 Å². The molecule has 0 aliphatic rings. The van der Waals surface area contributed by atoms with Crippen LogP contribution >= 0.6 is 0 Å². The van der Waals surface area contributed by atoms with E-state index in [4.69, 9.17) is 16.3 Å². The Bertz CT molecular complexity index is 1020. The lowest BCUT2D eigenvalue weighted by Gasteiger charge is -2.19. The third kappa shape index (κ3) is 5.78. The van der Waals surface area contributed by atoms with E-state index < -0.39 is 33.0 Å². The summed E-state index contributed by atoms with van der Waals surface area (Å²) in [5, 5.41) is 0.639. The van der Waals surface area contributed by atoms with Gasteiger partial charge in [0.25, 0.3) is 0 Å². The number of benzene rings is 1. The molecule has 0 saturated heterocycles. The van der Waals surface area contributed by atoms with Crippen molar-refractivity contribution in [3.8, 4) is 5.75 Å². The van der Waals surface area contributed by atoms with Crippen LogP contribution in [0.2, 0.25) is 0 Å². The number of methoxy groups -OCH3 is 1. The van der Waals surface area contributed by atoms with Gasteiger partial charge in [0, 0.05) is 19.4 Å². The lowest BCUT2D eigenvalue weighted by Crippen LogP contribution is -2.28. The molecule has 0 aliphatic carbocycles. The Balaban J connectivity index is 0.00000450. The number of rotatable bonds is 8. The molecule has 0 unspecified atom stereocenters. The molecule has 160 valence electrons. The lowest BCUT2D eigenvalue weighted by atomic mass is 10.2. The molecule has 0 aliphatic heterocycles. The number of halogens is 2. The Labute approximate surface area is 169 Å². The minimum absolute atomic E-state index is 0. The van der Waals surface area contributed by atoms with Crippen molar-refractivity contribution in [2.45, 2.75) is 13.8 Å². The SMILES string of the molecule is COc1cncc(/C(N)=C/N(N)c2c(F)ccc(NS(=O)(=O)CC(C)C)c2F)c1.[HH]. The summed E-state index contributed by atoms with van der Waals surface area (Å²) >= 11 is 0. The second-order valence-electron chi connectivity index (χ2n) is 6.64. The van der Waals surface area contributed by atoms with Crippen molar-refractivity contribution >= 4 is 27.1 Å². The van der Waals surface area contributed by atoms with Crippen LogP contribution in [-0.2, 0) is 10.0 Å². The zero-order chi connectivity index (χ0) is 21.8. The smallest absolute Gasteiger partial charge is 0.233 e. The van der Waals surface area contributed by atoms with E-state index in [0.717, 1.165) is 18.3 Å². The van der Waals surface area contributed by atoms with Gasteiger partial charge in [-0.15, -0.1) is 0 Å². The van der Waals surface area contributed by atoms with Crippen LogP contribution in [0.5, 0.6) is 5.75 Å². The van der Waals surface area contributed by atoms with Gasteiger partial charge in [-0.1, -0.05) is 13.8 Å². The van der Waals surface area contributed by atoms with E-state index in [1.54, 1.807) is 19.9 Å². The van der Waals surface area contributed by atoms with Crippen LogP contribution in [0.3, 0.4) is 0 Å². The van der Waals surface area contributed by atoms with Gasteiger partial charge < -0.3 is 10.5 Å². The predicted octanol–water partition coefficient (Wildman–Crippen LogP) is 2.65. The molecule has 2 rings (SSSR count). The average molecular weight is 429 g/mol. The second-order valence-corrected chi connectivity index (χ2v) is 8.41. The zero-order valence-electron chi connectivity index (χ0n) is 16.2. The predicted molar refractivity (Wildman–Crippen MR) is 110 cm³/mol. The van der Waals surface area contributed by atoms with Crippen molar-refractivity contribution < 1.29 is 23.4 Å². The third-order valence-electron chi connectivity index (χ3n) is 3.70. The molecule has 0 fully saturated rings. The molecule has 29 heavy (non-hydrogen) atoms. The first-order valence-electron chi connectivity index (χ1n) is 8.53. The van der Waals surface area contributed by atoms with Gasteiger partial charge in [-0.2, -0.15) is 0 Å². The quantitative estimate of drug-likeness (QED) is 0.435. The summed E-state index contributed by atoms with van der Waals surface area (Å²) in [6, 6.07) is 3.46. The van der Waals surface area contributed by atoms with Gasteiger partial charge in [0.15, 0.2) is 11.6 Å². The maximum atomic E-state index is 14.8. The monoisotopic (exact) mass is 429 g/mol. The molecule has 0 amide bonds. The van der Waals surface area contributed by atoms with E-state index in [1.807, 2.05) is 0 Å². The number of ether oxygens (including phenoxy) is 1. The highest BCUT2D eigenvalue weighted by molar-refractivity contribution is 7.92. The summed E-state index contributed by atoms with van der Waals surface area (Å²) in [6.07, 6.45) is 3.97. The average Bonchev–Trinajstić information content (AvgIpc) is 2.63. The summed E-state index contributed by atoms with van der Waals surface area (Å²) in [4.78, 5) is 3.94. The van der Waals surface area contributed by atoms with Crippen molar-refractivity contribution in [2.75, 3.05) is 22.6 Å². The molecule has 5 N–H and O–H groups in total. The highest BCUT2D eigenvalue weighted by Crippen LogP contribution is 2.29. The first kappa shape index (κ1) is 22.4. The van der Waals surface area contributed by atoms with Crippen LogP contribution in [-0.4, -0.2) is 26.3 Å². The Morgan fingerprint density at radius 3 is 2.69 bits per heavy atom. The zero-order valence-corrected chi connectivity index (χ0v) is 17.0. The van der Waals surface area contributed by atoms with Crippen LogP contribution in [0.15, 0.2) is 36.8 Å². The number of hydrazine groups is 1. The largest absolute Gasteiger partial charge is 0.495 e. The van der Waals surface area contributed by atoms with Gasteiger partial charge in [0.2, 0.25) is 10.0 Å². The number of hydrogen-bond donors (Lipinski definition) is 3. The van der Waals surface area contributed by atoms with Gasteiger partial charge in [-0.05, 0) is 24.1 Å². The molecule has 0 atom stereocenters. The number of pyridine rings is 1. The Hall–Kier alpha value is -2.92. The van der Waals surface area contributed by atoms with Crippen LogP contribution in [0.25, 0.3) is 5.70 Å². The first-order valence-corrected chi connectivity index (χ1v) is 10.2. The molecule has 11 heteroatoms. The minimum Gasteiger partial charge on any atom is -0.495 e. The molecule has 0 radical (unpaired) electrons. The van der Waals surface area contributed by atoms with Gasteiger partial charge in [-0.25, -0.2) is 23.0 Å². The summed E-state index contributed by atoms with van der Waals surface area (Å²) in [7, 11) is -2.37. The third-order valence-corrected chi connectivity index (χ3v) is 5.34. The number of hydrogen-bond acceptors (Lipinski definition) is 7. The van der Waals surface area contributed by atoms with Crippen LogP contribution in [0.4, 0.5) is 20.2 Å². The van der Waals surface area contributed by atoms with Crippen molar-refractivity contribution in [1.29, 1.82) is 0 Å². The molecule has 0 bridgehead atoms. The maximum absolute atomic E-state index is 14.8. The Morgan fingerprint density at radius 1 is 1.38 bits per heavy atom. The molecule has 0 saturated carbocycles. The fraction of sp³-hybridized carbons (Fsp3) is 0.278. The fourth-order valence-electron chi connectivity index (χ4n) is 2.48. The van der Waals surface area contributed by atoms with E-state index in [2.05, 4.69) is 9.71 Å². The molecule has 1 aromatic carbocycles. The van der Waals surface area contributed by atoms with Crippen LogP contribution in [0.1, 0.15) is 20.8 Å². The van der Waals surface area contributed by atoms with E-state index in [9.17, 15) is 17.2 Å². The summed E-state index contributed by atoms with van der Waals surface area (Å²) in [5.74, 6) is 3.65. The second kappa shape index (κ2) is 9.05. The molecule has 1 heterocycles. The minimum atomic E-state index is -3.82. The van der Waals surface area contributed by atoms with Crippen molar-refractivity contribution in [3.05, 3.63) is 54.0 Å². The highest BCUT2D eigenvalue weighted by atomic mass is 32.2. The Morgan fingerprint density at radius 2 is 2.07 bits per heavy atom. The molecule has 0 spiro atoms. The lowest BCUT2D eigenvalue weighted by molar-refractivity contribution is 0.412. The summed E-state index contributed by atoms with van der Waals surface area (Å²) in [6.45, 7) is 3.41. The van der Waals surface area contributed by atoms with E-state index >= 15 is 0 Å². The first-order chi connectivity index (χ1) is 13.5. The number of nitrogens with zero attached hydrogens (tertiary/aromatic N) is 2. The summed E-state index contributed by atoms with van der Waals surface area (Å²) in [5.41, 5.74) is 5.31. The Kier molecular flexibility index (Phi) is 6.98. The maximum Gasteiger partial charge on any atom is 0.233 e. The van der Waals surface area contributed by atoms with E-state index in [-0.39, 0.29) is 18.8 Å². The van der Waals surface area contributed by atoms with E-state index in [0.29, 0.717) is 16.3 Å². The molecular formula is C18H25F2N5O3S. The summed E-state index contributed by atoms with van der Waals surface area (Å²) < 4.78 is 60.4. The number of nitrogens with two attached hydrogens (primary N) is 2. The van der Waals surface area contributed by atoms with Crippen LogP contribution < -0.4 is 26.0 Å². The van der Waals surface area contributed by atoms with Crippen molar-refractivity contribution in [3.63, 3.8) is 0 Å². The molecule has 1 aromatic heterocycles. The molecule has 2 aromatic rings. The standard InChI is InChI=1S/C18H23F2N5O3S.H2/c1-11(2)10-29(26,27)24-16-5-4-14(19)18(17(16)20)25(22)9-15(21)12-6-13(28-3)8-23-7-12;/h4-9,11,24H,10,21-22H2,1-3H3;1H/b15-9-;. The number of nitrogens with one attached hydrogen (secondary N) is 1. The number of sulfonamides is 1. The van der Waals surface area contributed by atoms with Gasteiger partial charge in [-0.3, -0.25) is 14.7 Å². The highest BCUT2D eigenvalue weighted by Gasteiger charge is 2.21. The van der Waals surface area contributed by atoms with Crippen molar-refractivity contribution in [2.24, 2.45) is 17.5 Å². The number of anilines is 2.